The molecule has 2 heteroatoms. The summed E-state index contributed by atoms with van der Waals surface area (Å²) < 4.78 is 0. The van der Waals surface area contributed by atoms with Gasteiger partial charge >= 0.3 is 0 Å². The molecular formula is C9H13BO. The molecule has 0 saturated heterocycles. The lowest BCUT2D eigenvalue weighted by Crippen LogP contribution is -2.19. The molecule has 58 valence electrons. The van der Waals surface area contributed by atoms with Crippen LogP contribution in [0.2, 0.25) is 0 Å². The van der Waals surface area contributed by atoms with Crippen molar-refractivity contribution in [2.45, 2.75) is 33.1 Å². The first-order valence-corrected chi connectivity index (χ1v) is 3.98. The number of hydrogen-bond acceptors (Lipinski definition) is 1. The highest BCUT2D eigenvalue weighted by Crippen LogP contribution is 2.36. The maximum absolute atomic E-state index is 10.5. The lowest BCUT2D eigenvalue weighted by Gasteiger charge is -2.30. The van der Waals surface area contributed by atoms with Crippen LogP contribution in [0, 0.1) is 5.41 Å². The van der Waals surface area contributed by atoms with Crippen molar-refractivity contribution in [3.63, 3.8) is 0 Å². The number of carbonyl (C=O) groups is 1. The smallest absolute Gasteiger partial charge is 0.145 e. The summed E-state index contributed by atoms with van der Waals surface area (Å²) in [5, 5.41) is 0. The van der Waals surface area contributed by atoms with Gasteiger partial charge in [0, 0.05) is 0 Å². The predicted octanol–water partition coefficient (Wildman–Crippen LogP) is 1.82. The van der Waals surface area contributed by atoms with E-state index < -0.39 is 0 Å². The van der Waals surface area contributed by atoms with Crippen molar-refractivity contribution in [1.82, 2.24) is 0 Å². The van der Waals surface area contributed by atoms with E-state index in [1.54, 1.807) is 0 Å². The molecule has 11 heavy (non-hydrogen) atoms. The maximum atomic E-state index is 10.5. The Morgan fingerprint density at radius 1 is 1.55 bits per heavy atom. The van der Waals surface area contributed by atoms with Gasteiger partial charge in [0.15, 0.2) is 0 Å². The van der Waals surface area contributed by atoms with Crippen LogP contribution in [0.1, 0.15) is 33.1 Å². The first-order valence-electron chi connectivity index (χ1n) is 3.98. The number of hydrogen-bond donors (Lipinski definition) is 0. The Hall–Kier alpha value is -0.525. The standard InChI is InChI=1S/C9H13BO/c1-9(2)4-3-8(10)7(5-9)6-11/h6H,3-5H2,1-2H3. The minimum atomic E-state index is 0.263. The van der Waals surface area contributed by atoms with Crippen molar-refractivity contribution in [2.75, 3.05) is 0 Å². The molecule has 0 spiro atoms. The molecule has 0 aromatic rings. The zero-order valence-electron chi connectivity index (χ0n) is 7.18. The molecule has 1 aliphatic carbocycles. The topological polar surface area (TPSA) is 17.1 Å². The monoisotopic (exact) mass is 148 g/mol. The molecule has 1 rings (SSSR count). The molecule has 0 aromatic carbocycles. The summed E-state index contributed by atoms with van der Waals surface area (Å²) >= 11 is 0. The highest BCUT2D eigenvalue weighted by molar-refractivity contribution is 6.23. The molecule has 1 nitrogen and oxygen atoms in total. The van der Waals surface area contributed by atoms with E-state index in [9.17, 15) is 4.79 Å². The van der Waals surface area contributed by atoms with E-state index in [1.165, 1.54) is 0 Å². The van der Waals surface area contributed by atoms with Crippen molar-refractivity contribution in [2.24, 2.45) is 5.41 Å². The third-order valence-electron chi connectivity index (χ3n) is 2.29. The number of carbonyl (C=O) groups excluding carboxylic acids is 1. The van der Waals surface area contributed by atoms with Crippen LogP contribution in [0.5, 0.6) is 0 Å². The largest absolute Gasteiger partial charge is 0.298 e. The average molecular weight is 148 g/mol. The first kappa shape index (κ1) is 8.57. The van der Waals surface area contributed by atoms with Gasteiger partial charge in [0.05, 0.1) is 0 Å². The van der Waals surface area contributed by atoms with Crippen molar-refractivity contribution in [3.8, 4) is 0 Å². The summed E-state index contributed by atoms with van der Waals surface area (Å²) in [5.74, 6) is 0. The summed E-state index contributed by atoms with van der Waals surface area (Å²) in [4.78, 5) is 10.5. The summed E-state index contributed by atoms with van der Waals surface area (Å²) in [7, 11) is 5.66. The summed E-state index contributed by atoms with van der Waals surface area (Å²) in [6.45, 7) is 4.34. The van der Waals surface area contributed by atoms with Crippen molar-refractivity contribution < 1.29 is 4.79 Å². The molecule has 0 aliphatic heterocycles. The Balaban J connectivity index is 2.81. The van der Waals surface area contributed by atoms with Gasteiger partial charge in [-0.2, -0.15) is 0 Å². The highest BCUT2D eigenvalue weighted by atomic mass is 16.1. The molecule has 2 radical (unpaired) electrons. The lowest BCUT2D eigenvalue weighted by atomic mass is 9.70. The normalized spacial score (nSPS) is 23.5. The van der Waals surface area contributed by atoms with Gasteiger partial charge in [0.1, 0.15) is 14.1 Å². The molecule has 0 amide bonds. The van der Waals surface area contributed by atoms with E-state index in [0.717, 1.165) is 36.6 Å². The lowest BCUT2D eigenvalue weighted by molar-refractivity contribution is -0.105. The van der Waals surface area contributed by atoms with E-state index >= 15 is 0 Å². The molecule has 0 aromatic heterocycles. The van der Waals surface area contributed by atoms with Gasteiger partial charge in [-0.15, -0.1) is 5.47 Å². The molecule has 0 unspecified atom stereocenters. The van der Waals surface area contributed by atoms with E-state index in [2.05, 4.69) is 13.8 Å². The Kier molecular flexibility index (Phi) is 2.21. The molecule has 0 fully saturated rings. The Bertz CT molecular complexity index is 204. The summed E-state index contributed by atoms with van der Waals surface area (Å²) in [6.07, 6.45) is 3.70. The maximum Gasteiger partial charge on any atom is 0.145 e. The van der Waals surface area contributed by atoms with Crippen LogP contribution in [0.15, 0.2) is 11.0 Å². The van der Waals surface area contributed by atoms with E-state index in [4.69, 9.17) is 7.85 Å². The van der Waals surface area contributed by atoms with E-state index in [0.29, 0.717) is 0 Å². The van der Waals surface area contributed by atoms with Crippen molar-refractivity contribution in [1.29, 1.82) is 0 Å². The van der Waals surface area contributed by atoms with Crippen LogP contribution in [0.3, 0.4) is 0 Å². The van der Waals surface area contributed by atoms with Gasteiger partial charge in [-0.1, -0.05) is 13.8 Å². The molecule has 1 aliphatic rings. The highest BCUT2D eigenvalue weighted by Gasteiger charge is 2.24. The second-order valence-electron chi connectivity index (χ2n) is 4.01. The summed E-state index contributed by atoms with van der Waals surface area (Å²) in [6, 6.07) is 0. The van der Waals surface area contributed by atoms with Crippen LogP contribution < -0.4 is 0 Å². The molecule has 0 bridgehead atoms. The molecule has 0 saturated carbocycles. The van der Waals surface area contributed by atoms with Gasteiger partial charge in [0.2, 0.25) is 0 Å². The van der Waals surface area contributed by atoms with Crippen LogP contribution in [-0.2, 0) is 4.79 Å². The zero-order chi connectivity index (χ0) is 8.48. The SMILES string of the molecule is [B]C1=C(C=O)CC(C)(C)CC1. The van der Waals surface area contributed by atoms with Gasteiger partial charge in [-0.3, -0.25) is 4.79 Å². The minimum absolute atomic E-state index is 0.263. The number of allylic oxidation sites excluding steroid dienone is 2. The molecule has 0 atom stereocenters. The summed E-state index contributed by atoms with van der Waals surface area (Å²) in [5.41, 5.74) is 1.86. The van der Waals surface area contributed by atoms with Gasteiger partial charge < -0.3 is 0 Å². The van der Waals surface area contributed by atoms with Gasteiger partial charge in [-0.25, -0.2) is 0 Å². The fourth-order valence-electron chi connectivity index (χ4n) is 1.47. The third-order valence-corrected chi connectivity index (χ3v) is 2.29. The van der Waals surface area contributed by atoms with E-state index in [1.807, 2.05) is 0 Å². The Labute approximate surface area is 69.3 Å². The van der Waals surface area contributed by atoms with Gasteiger partial charge in [0.25, 0.3) is 0 Å². The third kappa shape index (κ3) is 1.95. The predicted molar refractivity (Wildman–Crippen MR) is 46.5 cm³/mol. The fraction of sp³-hybridized carbons (Fsp3) is 0.667. The molecular weight excluding hydrogens is 135 g/mol. The van der Waals surface area contributed by atoms with Crippen molar-refractivity contribution in [3.05, 3.63) is 11.0 Å². The van der Waals surface area contributed by atoms with Crippen LogP contribution in [-0.4, -0.2) is 14.1 Å². The second kappa shape index (κ2) is 2.84. The van der Waals surface area contributed by atoms with Crippen LogP contribution in [0.25, 0.3) is 0 Å². The number of rotatable bonds is 1. The van der Waals surface area contributed by atoms with E-state index in [-0.39, 0.29) is 5.41 Å². The van der Waals surface area contributed by atoms with Gasteiger partial charge in [-0.05, 0) is 30.3 Å². The van der Waals surface area contributed by atoms with Crippen LogP contribution >= 0.6 is 0 Å². The zero-order valence-corrected chi connectivity index (χ0v) is 7.18. The quantitative estimate of drug-likeness (QED) is 0.409. The molecule has 0 N–H and O–H groups in total. The Morgan fingerprint density at radius 3 is 2.64 bits per heavy atom. The van der Waals surface area contributed by atoms with Crippen LogP contribution in [0.4, 0.5) is 0 Å². The fourth-order valence-corrected chi connectivity index (χ4v) is 1.47. The second-order valence-corrected chi connectivity index (χ2v) is 4.01. The first-order chi connectivity index (χ1) is 5.05. The average Bonchev–Trinajstić information content (AvgIpc) is 1.94. The Morgan fingerprint density at radius 2 is 2.18 bits per heavy atom. The number of aldehydes is 1. The minimum Gasteiger partial charge on any atom is -0.298 e. The van der Waals surface area contributed by atoms with Crippen molar-refractivity contribution >= 4 is 14.1 Å². The molecule has 0 heterocycles.